The summed E-state index contributed by atoms with van der Waals surface area (Å²) >= 11 is 0. The molecule has 0 unspecified atom stereocenters. The Bertz CT molecular complexity index is 856. The van der Waals surface area contributed by atoms with Crippen molar-refractivity contribution in [3.05, 3.63) is 59.2 Å². The third kappa shape index (κ3) is 5.81. The van der Waals surface area contributed by atoms with E-state index in [1.165, 1.54) is 0 Å². The minimum Gasteiger partial charge on any atom is -0.491 e. The number of esters is 1. The number of anilines is 1. The van der Waals surface area contributed by atoms with Crippen LogP contribution in [0.4, 0.5) is 5.69 Å². The number of benzene rings is 2. The second-order valence-electron chi connectivity index (χ2n) is 7.33. The molecule has 6 nitrogen and oxygen atoms in total. The molecule has 1 fully saturated rings. The predicted molar refractivity (Wildman–Crippen MR) is 110 cm³/mol. The highest BCUT2D eigenvalue weighted by atomic mass is 16.5. The van der Waals surface area contributed by atoms with E-state index < -0.39 is 12.1 Å². The molecule has 0 aliphatic carbocycles. The molecule has 0 aromatic heterocycles. The van der Waals surface area contributed by atoms with Gasteiger partial charge >= 0.3 is 5.97 Å². The molecule has 2 atom stereocenters. The number of aryl methyl sites for hydroxylation is 2. The summed E-state index contributed by atoms with van der Waals surface area (Å²) in [6.07, 6.45) is 1.29. The van der Waals surface area contributed by atoms with E-state index >= 15 is 0 Å². The molecular formula is C23H27NO5. The summed E-state index contributed by atoms with van der Waals surface area (Å²) in [7, 11) is 0. The van der Waals surface area contributed by atoms with Crippen LogP contribution in [0.25, 0.3) is 0 Å². The second kappa shape index (κ2) is 9.56. The van der Waals surface area contributed by atoms with Crippen LogP contribution in [-0.2, 0) is 14.3 Å². The lowest BCUT2D eigenvalue weighted by atomic mass is 10.1. The van der Waals surface area contributed by atoms with Crippen molar-refractivity contribution in [2.24, 2.45) is 0 Å². The van der Waals surface area contributed by atoms with Gasteiger partial charge in [-0.3, -0.25) is 4.79 Å². The smallest absolute Gasteiger partial charge is 0.338 e. The standard InChI is InChI=1S/C23H27NO5/c1-15-6-7-16(2)21(13-15)24-22(25)17(3)29-23(26)18-8-10-19(11-9-18)28-14-20-5-4-12-27-20/h6-11,13,17,20H,4-5,12,14H2,1-3H3,(H,24,25)/t17-,20-/m1/s1. The normalized spacial score (nSPS) is 16.9. The summed E-state index contributed by atoms with van der Waals surface area (Å²) in [5.74, 6) is -0.263. The average molecular weight is 397 g/mol. The van der Waals surface area contributed by atoms with Crippen LogP contribution in [-0.4, -0.2) is 37.3 Å². The highest BCUT2D eigenvalue weighted by Crippen LogP contribution is 2.19. The van der Waals surface area contributed by atoms with Crippen LogP contribution in [0.3, 0.4) is 0 Å². The maximum Gasteiger partial charge on any atom is 0.338 e. The first kappa shape index (κ1) is 20.9. The summed E-state index contributed by atoms with van der Waals surface area (Å²) in [6.45, 7) is 6.70. The molecule has 1 heterocycles. The fraction of sp³-hybridized carbons (Fsp3) is 0.391. The third-order valence-corrected chi connectivity index (χ3v) is 4.85. The van der Waals surface area contributed by atoms with Gasteiger partial charge in [0.2, 0.25) is 0 Å². The number of ether oxygens (including phenoxy) is 3. The third-order valence-electron chi connectivity index (χ3n) is 4.85. The van der Waals surface area contributed by atoms with Crippen LogP contribution in [0.15, 0.2) is 42.5 Å². The van der Waals surface area contributed by atoms with Crippen LogP contribution in [0.2, 0.25) is 0 Å². The minimum atomic E-state index is -0.919. The summed E-state index contributed by atoms with van der Waals surface area (Å²) in [6, 6.07) is 12.5. The van der Waals surface area contributed by atoms with E-state index in [4.69, 9.17) is 14.2 Å². The molecule has 1 amide bonds. The van der Waals surface area contributed by atoms with Gasteiger partial charge in [0, 0.05) is 12.3 Å². The molecule has 29 heavy (non-hydrogen) atoms. The molecular weight excluding hydrogens is 370 g/mol. The molecule has 0 radical (unpaired) electrons. The molecule has 0 saturated carbocycles. The Balaban J connectivity index is 1.51. The van der Waals surface area contributed by atoms with Crippen molar-refractivity contribution in [3.63, 3.8) is 0 Å². The Hall–Kier alpha value is -2.86. The number of hydrogen-bond donors (Lipinski definition) is 1. The fourth-order valence-electron chi connectivity index (χ4n) is 3.04. The highest BCUT2D eigenvalue weighted by molar-refractivity contribution is 5.97. The summed E-state index contributed by atoms with van der Waals surface area (Å²) in [5.41, 5.74) is 3.06. The monoisotopic (exact) mass is 397 g/mol. The van der Waals surface area contributed by atoms with Crippen molar-refractivity contribution in [1.29, 1.82) is 0 Å². The maximum atomic E-state index is 12.4. The largest absolute Gasteiger partial charge is 0.491 e. The van der Waals surface area contributed by atoms with Gasteiger partial charge in [-0.15, -0.1) is 0 Å². The molecule has 1 aliphatic rings. The number of amides is 1. The van der Waals surface area contributed by atoms with E-state index in [2.05, 4.69) is 5.32 Å². The minimum absolute atomic E-state index is 0.135. The summed E-state index contributed by atoms with van der Waals surface area (Å²) in [4.78, 5) is 24.7. The molecule has 0 spiro atoms. The Morgan fingerprint density at radius 1 is 1.17 bits per heavy atom. The average Bonchev–Trinajstić information content (AvgIpc) is 3.23. The zero-order chi connectivity index (χ0) is 20.8. The van der Waals surface area contributed by atoms with Crippen LogP contribution in [0, 0.1) is 13.8 Å². The van der Waals surface area contributed by atoms with Gasteiger partial charge in [0.05, 0.1) is 11.7 Å². The lowest BCUT2D eigenvalue weighted by Crippen LogP contribution is -2.30. The second-order valence-corrected chi connectivity index (χ2v) is 7.33. The molecule has 1 saturated heterocycles. The Morgan fingerprint density at radius 3 is 2.62 bits per heavy atom. The van der Waals surface area contributed by atoms with Crippen LogP contribution >= 0.6 is 0 Å². The lowest BCUT2D eigenvalue weighted by Gasteiger charge is -2.15. The van der Waals surface area contributed by atoms with Crippen molar-refractivity contribution in [1.82, 2.24) is 0 Å². The molecule has 1 N–H and O–H groups in total. The van der Waals surface area contributed by atoms with Crippen molar-refractivity contribution in [2.75, 3.05) is 18.5 Å². The van der Waals surface area contributed by atoms with E-state index in [0.29, 0.717) is 23.6 Å². The number of carbonyl (C=O) groups excluding carboxylic acids is 2. The Labute approximate surface area is 171 Å². The van der Waals surface area contributed by atoms with E-state index in [1.54, 1.807) is 31.2 Å². The first-order valence-corrected chi connectivity index (χ1v) is 9.86. The number of nitrogens with one attached hydrogen (secondary N) is 1. The fourth-order valence-corrected chi connectivity index (χ4v) is 3.04. The van der Waals surface area contributed by atoms with Gasteiger partial charge in [-0.1, -0.05) is 12.1 Å². The Kier molecular flexibility index (Phi) is 6.88. The van der Waals surface area contributed by atoms with Crippen molar-refractivity contribution < 1.29 is 23.8 Å². The molecule has 1 aliphatic heterocycles. The SMILES string of the molecule is Cc1ccc(C)c(NC(=O)[C@@H](C)OC(=O)c2ccc(OC[C@H]3CCCO3)cc2)c1. The van der Waals surface area contributed by atoms with E-state index in [9.17, 15) is 9.59 Å². The maximum absolute atomic E-state index is 12.4. The van der Waals surface area contributed by atoms with Gasteiger partial charge in [-0.2, -0.15) is 0 Å². The lowest BCUT2D eigenvalue weighted by molar-refractivity contribution is -0.123. The van der Waals surface area contributed by atoms with Gasteiger partial charge in [-0.25, -0.2) is 4.79 Å². The topological polar surface area (TPSA) is 73.9 Å². The molecule has 2 aromatic rings. The van der Waals surface area contributed by atoms with Crippen LogP contribution in [0.5, 0.6) is 5.75 Å². The molecule has 3 rings (SSSR count). The van der Waals surface area contributed by atoms with Gasteiger partial charge in [-0.05, 0) is 75.1 Å². The first-order valence-electron chi connectivity index (χ1n) is 9.86. The number of rotatable bonds is 7. The Morgan fingerprint density at radius 2 is 1.93 bits per heavy atom. The van der Waals surface area contributed by atoms with Crippen molar-refractivity contribution in [3.8, 4) is 5.75 Å². The molecule has 0 bridgehead atoms. The van der Waals surface area contributed by atoms with Crippen molar-refractivity contribution >= 4 is 17.6 Å². The summed E-state index contributed by atoms with van der Waals surface area (Å²) < 4.78 is 16.5. The van der Waals surface area contributed by atoms with Gasteiger partial charge < -0.3 is 19.5 Å². The van der Waals surface area contributed by atoms with E-state index in [0.717, 1.165) is 30.6 Å². The molecule has 6 heteroatoms. The van der Waals surface area contributed by atoms with E-state index in [1.807, 2.05) is 32.0 Å². The van der Waals surface area contributed by atoms with Crippen LogP contribution in [0.1, 0.15) is 41.3 Å². The quantitative estimate of drug-likeness (QED) is 0.714. The number of carbonyl (C=O) groups is 2. The molecule has 154 valence electrons. The van der Waals surface area contributed by atoms with Crippen LogP contribution < -0.4 is 10.1 Å². The zero-order valence-corrected chi connectivity index (χ0v) is 17.1. The van der Waals surface area contributed by atoms with Crippen molar-refractivity contribution in [2.45, 2.75) is 45.8 Å². The number of hydrogen-bond acceptors (Lipinski definition) is 5. The van der Waals surface area contributed by atoms with Gasteiger partial charge in [0.1, 0.15) is 12.4 Å². The van der Waals surface area contributed by atoms with Gasteiger partial charge in [0.15, 0.2) is 6.10 Å². The first-order chi connectivity index (χ1) is 13.9. The zero-order valence-electron chi connectivity index (χ0n) is 17.1. The van der Waals surface area contributed by atoms with Gasteiger partial charge in [0.25, 0.3) is 5.91 Å². The highest BCUT2D eigenvalue weighted by Gasteiger charge is 2.20. The molecule has 2 aromatic carbocycles. The summed E-state index contributed by atoms with van der Waals surface area (Å²) in [5, 5.41) is 2.81. The predicted octanol–water partition coefficient (Wildman–Crippen LogP) is 4.05. The van der Waals surface area contributed by atoms with E-state index in [-0.39, 0.29) is 12.0 Å².